The van der Waals surface area contributed by atoms with Gasteiger partial charge in [-0.15, -0.1) is 0 Å². The number of esters is 1. The van der Waals surface area contributed by atoms with Gasteiger partial charge in [-0.1, -0.05) is 73.5 Å². The summed E-state index contributed by atoms with van der Waals surface area (Å²) in [7, 11) is 0. The lowest BCUT2D eigenvalue weighted by Gasteiger charge is -2.21. The van der Waals surface area contributed by atoms with Crippen LogP contribution in [0.1, 0.15) is 72.6 Å². The van der Waals surface area contributed by atoms with E-state index in [4.69, 9.17) is 19.2 Å². The third-order valence-corrected chi connectivity index (χ3v) is 6.02. The standard InChI is InChI=1S/C29H33NO4/c1-2-32-29(31)27-26(34-25-17-11-3-4-12-18-25)20-24(19-22-13-7-5-8-14-22)30-28(27)33-21-23-15-9-6-10-16-23/h5-10,13-16,20,25H,2-4,11-12,17-19,21H2,1H3. The number of carbonyl (C=O) groups is 1. The van der Waals surface area contributed by atoms with Gasteiger partial charge >= 0.3 is 5.97 Å². The van der Waals surface area contributed by atoms with Gasteiger partial charge in [0.1, 0.15) is 12.4 Å². The summed E-state index contributed by atoms with van der Waals surface area (Å²) in [6, 6.07) is 21.9. The van der Waals surface area contributed by atoms with Gasteiger partial charge in [0.05, 0.1) is 18.4 Å². The van der Waals surface area contributed by atoms with Crippen molar-refractivity contribution in [1.82, 2.24) is 4.98 Å². The molecule has 1 heterocycles. The molecule has 0 spiro atoms. The molecule has 5 heteroatoms. The lowest BCUT2D eigenvalue weighted by Crippen LogP contribution is -2.19. The van der Waals surface area contributed by atoms with E-state index in [9.17, 15) is 4.79 Å². The van der Waals surface area contributed by atoms with E-state index in [1.54, 1.807) is 6.92 Å². The van der Waals surface area contributed by atoms with Crippen molar-refractivity contribution in [2.45, 2.75) is 64.6 Å². The molecule has 2 aromatic carbocycles. The zero-order valence-corrected chi connectivity index (χ0v) is 19.9. The Morgan fingerprint density at radius 3 is 2.21 bits per heavy atom. The fourth-order valence-corrected chi connectivity index (χ4v) is 4.30. The Bertz CT molecular complexity index is 1040. The molecule has 1 aromatic heterocycles. The molecule has 4 rings (SSSR count). The van der Waals surface area contributed by atoms with Crippen molar-refractivity contribution in [1.29, 1.82) is 0 Å². The Kier molecular flexibility index (Phi) is 8.55. The highest BCUT2D eigenvalue weighted by atomic mass is 16.5. The highest BCUT2D eigenvalue weighted by Crippen LogP contribution is 2.33. The van der Waals surface area contributed by atoms with Crippen LogP contribution in [0.5, 0.6) is 11.6 Å². The van der Waals surface area contributed by atoms with E-state index in [2.05, 4.69) is 12.1 Å². The van der Waals surface area contributed by atoms with E-state index in [1.165, 1.54) is 12.8 Å². The number of pyridine rings is 1. The van der Waals surface area contributed by atoms with Gasteiger partial charge in [0, 0.05) is 12.5 Å². The fourth-order valence-electron chi connectivity index (χ4n) is 4.30. The van der Waals surface area contributed by atoms with Gasteiger partial charge in [-0.3, -0.25) is 0 Å². The SMILES string of the molecule is CCOC(=O)c1c(OC2CCCCCC2)cc(Cc2ccccc2)nc1OCc1ccccc1. The average Bonchev–Trinajstić information content (AvgIpc) is 3.13. The van der Waals surface area contributed by atoms with Gasteiger partial charge in [0.25, 0.3) is 0 Å². The summed E-state index contributed by atoms with van der Waals surface area (Å²) in [5.41, 5.74) is 3.21. The monoisotopic (exact) mass is 459 g/mol. The van der Waals surface area contributed by atoms with E-state index in [1.807, 2.05) is 54.6 Å². The Labute approximate surface area is 202 Å². The van der Waals surface area contributed by atoms with Crippen LogP contribution < -0.4 is 9.47 Å². The second-order valence-corrected chi connectivity index (χ2v) is 8.68. The van der Waals surface area contributed by atoms with Crippen LogP contribution in [-0.2, 0) is 17.8 Å². The number of hydrogen-bond acceptors (Lipinski definition) is 5. The first-order valence-electron chi connectivity index (χ1n) is 12.3. The topological polar surface area (TPSA) is 57.7 Å². The van der Waals surface area contributed by atoms with Crippen LogP contribution >= 0.6 is 0 Å². The maximum atomic E-state index is 13.1. The smallest absolute Gasteiger partial charge is 0.347 e. The molecule has 1 saturated carbocycles. The zero-order valence-electron chi connectivity index (χ0n) is 19.9. The van der Waals surface area contributed by atoms with Crippen molar-refractivity contribution < 1.29 is 19.0 Å². The van der Waals surface area contributed by atoms with Crippen LogP contribution in [0.3, 0.4) is 0 Å². The van der Waals surface area contributed by atoms with Gasteiger partial charge < -0.3 is 14.2 Å². The van der Waals surface area contributed by atoms with Crippen LogP contribution in [0.4, 0.5) is 0 Å². The van der Waals surface area contributed by atoms with Crippen molar-refractivity contribution in [3.05, 3.63) is 89.1 Å². The molecule has 34 heavy (non-hydrogen) atoms. The third-order valence-electron chi connectivity index (χ3n) is 6.02. The molecule has 0 unspecified atom stereocenters. The molecule has 0 saturated heterocycles. The minimum atomic E-state index is -0.465. The molecule has 0 amide bonds. The van der Waals surface area contributed by atoms with Gasteiger partial charge in [-0.05, 0) is 43.7 Å². The normalized spacial score (nSPS) is 14.3. The maximum Gasteiger partial charge on any atom is 0.347 e. The van der Waals surface area contributed by atoms with Crippen LogP contribution in [0.25, 0.3) is 0 Å². The highest BCUT2D eigenvalue weighted by Gasteiger charge is 2.26. The number of benzene rings is 2. The van der Waals surface area contributed by atoms with Crippen molar-refractivity contribution in [3.8, 4) is 11.6 Å². The Morgan fingerprint density at radius 1 is 0.912 bits per heavy atom. The summed E-state index contributed by atoms with van der Waals surface area (Å²) in [6.07, 6.45) is 7.39. The largest absolute Gasteiger partial charge is 0.489 e. The number of carbonyl (C=O) groups excluding carboxylic acids is 1. The molecule has 1 fully saturated rings. The fraction of sp³-hybridized carbons (Fsp3) is 0.379. The number of aromatic nitrogens is 1. The van der Waals surface area contributed by atoms with E-state index in [0.29, 0.717) is 18.8 Å². The summed E-state index contributed by atoms with van der Waals surface area (Å²) < 4.78 is 18.0. The van der Waals surface area contributed by atoms with Gasteiger partial charge in [0.15, 0.2) is 5.56 Å². The first-order valence-corrected chi connectivity index (χ1v) is 12.3. The Balaban J connectivity index is 1.70. The molecule has 178 valence electrons. The number of ether oxygens (including phenoxy) is 3. The number of hydrogen-bond donors (Lipinski definition) is 0. The van der Waals surface area contributed by atoms with Crippen molar-refractivity contribution in [2.75, 3.05) is 6.61 Å². The molecule has 3 aromatic rings. The van der Waals surface area contributed by atoms with E-state index < -0.39 is 5.97 Å². The summed E-state index contributed by atoms with van der Waals surface area (Å²) in [4.78, 5) is 17.8. The second kappa shape index (κ2) is 12.2. The minimum Gasteiger partial charge on any atom is -0.489 e. The summed E-state index contributed by atoms with van der Waals surface area (Å²) in [5.74, 6) is 0.307. The predicted molar refractivity (Wildman–Crippen MR) is 132 cm³/mol. The molecular weight excluding hydrogens is 426 g/mol. The Morgan fingerprint density at radius 2 is 1.56 bits per heavy atom. The molecular formula is C29H33NO4. The highest BCUT2D eigenvalue weighted by molar-refractivity contribution is 5.95. The van der Waals surface area contributed by atoms with E-state index >= 15 is 0 Å². The first kappa shape index (κ1) is 23.8. The molecule has 1 aliphatic rings. The number of rotatable bonds is 9. The van der Waals surface area contributed by atoms with Crippen molar-refractivity contribution in [2.24, 2.45) is 0 Å². The van der Waals surface area contributed by atoms with E-state index in [-0.39, 0.29) is 24.2 Å². The lowest BCUT2D eigenvalue weighted by atomic mass is 10.1. The molecule has 1 aliphatic carbocycles. The number of nitrogens with zero attached hydrogens (tertiary/aromatic N) is 1. The predicted octanol–water partition coefficient (Wildman–Crippen LogP) is 6.53. The molecule has 0 bridgehead atoms. The van der Waals surface area contributed by atoms with Gasteiger partial charge in [-0.2, -0.15) is 0 Å². The Hall–Kier alpha value is -3.34. The molecule has 0 radical (unpaired) electrons. The lowest BCUT2D eigenvalue weighted by molar-refractivity contribution is 0.0510. The molecule has 0 aliphatic heterocycles. The molecule has 0 atom stereocenters. The maximum absolute atomic E-state index is 13.1. The van der Waals surface area contributed by atoms with E-state index in [0.717, 1.165) is 42.5 Å². The van der Waals surface area contributed by atoms with Crippen molar-refractivity contribution in [3.63, 3.8) is 0 Å². The van der Waals surface area contributed by atoms with Crippen LogP contribution in [0, 0.1) is 0 Å². The van der Waals surface area contributed by atoms with Gasteiger partial charge in [-0.25, -0.2) is 9.78 Å². The zero-order chi connectivity index (χ0) is 23.6. The van der Waals surface area contributed by atoms with Gasteiger partial charge in [0.2, 0.25) is 5.88 Å². The van der Waals surface area contributed by atoms with Crippen LogP contribution in [-0.4, -0.2) is 23.7 Å². The second-order valence-electron chi connectivity index (χ2n) is 8.68. The van der Waals surface area contributed by atoms with Crippen molar-refractivity contribution >= 4 is 5.97 Å². The van der Waals surface area contributed by atoms with Crippen LogP contribution in [0.15, 0.2) is 66.7 Å². The summed E-state index contributed by atoms with van der Waals surface area (Å²) >= 11 is 0. The minimum absolute atomic E-state index is 0.0737. The quantitative estimate of drug-likeness (QED) is 0.269. The first-order chi connectivity index (χ1) is 16.7. The van der Waals surface area contributed by atoms with Crippen LogP contribution in [0.2, 0.25) is 0 Å². The summed E-state index contributed by atoms with van der Waals surface area (Å²) in [5, 5.41) is 0. The summed E-state index contributed by atoms with van der Waals surface area (Å²) in [6.45, 7) is 2.37. The third kappa shape index (κ3) is 6.60. The molecule has 0 N–H and O–H groups in total. The average molecular weight is 460 g/mol. The molecule has 5 nitrogen and oxygen atoms in total.